The molecule has 6 heteroatoms. The van der Waals surface area contributed by atoms with Crippen molar-refractivity contribution in [3.8, 4) is 11.1 Å². The van der Waals surface area contributed by atoms with Gasteiger partial charge in [-0.05, 0) is 93.6 Å². The number of esters is 1. The first-order valence-electron chi connectivity index (χ1n) is 14.8. The highest BCUT2D eigenvalue weighted by atomic mass is 16.6. The van der Waals surface area contributed by atoms with E-state index in [1.165, 1.54) is 12.7 Å². The van der Waals surface area contributed by atoms with Gasteiger partial charge in [0, 0.05) is 12.1 Å². The van der Waals surface area contributed by atoms with Crippen molar-refractivity contribution in [2.24, 2.45) is 10.1 Å². The van der Waals surface area contributed by atoms with Crippen LogP contribution in [0.1, 0.15) is 81.3 Å². The van der Waals surface area contributed by atoms with E-state index in [4.69, 9.17) is 9.57 Å². The lowest BCUT2D eigenvalue weighted by atomic mass is 9.91. The molecule has 1 aliphatic heterocycles. The Balaban J connectivity index is 0.00000301. The number of rotatable bonds is 13. The SMILES string of the molecule is C=N/C(=N\OCCCCCC(=C)/C=C\C=C(C)C)c1ccc(-c2ccc(C(=O)OC)c(C3=CCNCC3)c2)cc1.CC. The zero-order chi connectivity index (χ0) is 30.7. The van der Waals surface area contributed by atoms with Crippen LogP contribution in [0.3, 0.4) is 0 Å². The Morgan fingerprint density at radius 3 is 2.43 bits per heavy atom. The molecule has 42 heavy (non-hydrogen) atoms. The Labute approximate surface area is 252 Å². The summed E-state index contributed by atoms with van der Waals surface area (Å²) >= 11 is 0. The third-order valence-electron chi connectivity index (χ3n) is 6.61. The summed E-state index contributed by atoms with van der Waals surface area (Å²) in [5, 5.41) is 7.53. The predicted molar refractivity (Wildman–Crippen MR) is 178 cm³/mol. The second-order valence-electron chi connectivity index (χ2n) is 9.99. The molecule has 6 nitrogen and oxygen atoms in total. The van der Waals surface area contributed by atoms with Crippen LogP contribution in [-0.4, -0.2) is 45.3 Å². The number of hydrogen-bond acceptors (Lipinski definition) is 5. The Kier molecular flexibility index (Phi) is 15.6. The standard InChI is InChI=1S/C34H41N3O3.C2H6/c1-25(2)10-9-12-26(3)11-7-6-8-23-40-37-33(35-4)29-15-13-27(14-16-29)30-17-18-31(34(38)39-5)32(24-30)28-19-21-36-22-20-28;1-2/h9-10,12-19,24,36H,3-4,6-8,11,20-23H2,1-2,5H3;1-2H3/b12-9-,37-33-;. The van der Waals surface area contributed by atoms with E-state index in [2.05, 4.69) is 73.0 Å². The highest BCUT2D eigenvalue weighted by Crippen LogP contribution is 2.30. The van der Waals surface area contributed by atoms with Gasteiger partial charge in [-0.15, -0.1) is 0 Å². The summed E-state index contributed by atoms with van der Waals surface area (Å²) in [7, 11) is 1.41. The monoisotopic (exact) mass is 569 g/mol. The summed E-state index contributed by atoms with van der Waals surface area (Å²) < 4.78 is 5.03. The molecule has 3 rings (SSSR count). The maximum absolute atomic E-state index is 12.4. The molecule has 1 aliphatic rings. The van der Waals surface area contributed by atoms with Crippen LogP contribution >= 0.6 is 0 Å². The van der Waals surface area contributed by atoms with Crippen LogP contribution in [0, 0.1) is 0 Å². The first-order chi connectivity index (χ1) is 20.4. The molecule has 224 valence electrons. The average molecular weight is 570 g/mol. The number of benzene rings is 2. The Hall–Kier alpha value is -4.03. The van der Waals surface area contributed by atoms with Crippen LogP contribution in [0.25, 0.3) is 16.7 Å². The molecule has 0 spiro atoms. The zero-order valence-corrected chi connectivity index (χ0v) is 26.0. The lowest BCUT2D eigenvalue weighted by Crippen LogP contribution is -2.20. The fourth-order valence-corrected chi connectivity index (χ4v) is 4.39. The fraction of sp³-hybridized carbons (Fsp3) is 0.361. The van der Waals surface area contributed by atoms with E-state index in [1.54, 1.807) is 0 Å². The molecule has 0 bridgehead atoms. The van der Waals surface area contributed by atoms with Crippen LogP contribution in [0.4, 0.5) is 0 Å². The predicted octanol–water partition coefficient (Wildman–Crippen LogP) is 8.56. The number of amidine groups is 1. The van der Waals surface area contributed by atoms with Crippen molar-refractivity contribution >= 4 is 24.1 Å². The van der Waals surface area contributed by atoms with Gasteiger partial charge in [0.15, 0.2) is 5.84 Å². The molecule has 0 amide bonds. The highest BCUT2D eigenvalue weighted by molar-refractivity contribution is 6.01. The van der Waals surface area contributed by atoms with E-state index in [9.17, 15) is 4.79 Å². The van der Waals surface area contributed by atoms with Crippen molar-refractivity contribution in [2.45, 2.75) is 59.8 Å². The van der Waals surface area contributed by atoms with E-state index >= 15 is 0 Å². The molecule has 1 heterocycles. The van der Waals surface area contributed by atoms with E-state index < -0.39 is 0 Å². The molecule has 0 saturated carbocycles. The van der Waals surface area contributed by atoms with E-state index in [1.807, 2.05) is 50.2 Å². The summed E-state index contributed by atoms with van der Waals surface area (Å²) in [5.41, 5.74) is 7.94. The van der Waals surface area contributed by atoms with E-state index in [-0.39, 0.29) is 5.97 Å². The van der Waals surface area contributed by atoms with E-state index in [0.717, 1.165) is 78.6 Å². The minimum Gasteiger partial charge on any atom is -0.465 e. The van der Waals surface area contributed by atoms with E-state index in [0.29, 0.717) is 18.0 Å². The highest BCUT2D eigenvalue weighted by Gasteiger charge is 2.17. The van der Waals surface area contributed by atoms with Gasteiger partial charge < -0.3 is 14.9 Å². The average Bonchev–Trinajstić information content (AvgIpc) is 3.03. The summed E-state index contributed by atoms with van der Waals surface area (Å²) in [6, 6.07) is 13.8. The smallest absolute Gasteiger partial charge is 0.338 e. The van der Waals surface area contributed by atoms with Crippen LogP contribution < -0.4 is 5.32 Å². The summed E-state index contributed by atoms with van der Waals surface area (Å²) in [6.07, 6.45) is 13.2. The topological polar surface area (TPSA) is 72.3 Å². The number of methoxy groups -OCH3 is 1. The second-order valence-corrected chi connectivity index (χ2v) is 9.99. The van der Waals surface area contributed by atoms with Crippen LogP contribution in [0.5, 0.6) is 0 Å². The molecule has 1 N–H and O–H groups in total. The van der Waals surface area contributed by atoms with Crippen LogP contribution in [-0.2, 0) is 9.57 Å². The van der Waals surface area contributed by atoms with Crippen molar-refractivity contribution in [1.29, 1.82) is 0 Å². The van der Waals surface area contributed by atoms with Crippen molar-refractivity contribution in [1.82, 2.24) is 5.32 Å². The summed E-state index contributed by atoms with van der Waals surface area (Å²) in [5.74, 6) is 0.123. The summed E-state index contributed by atoms with van der Waals surface area (Å²) in [4.78, 5) is 22.0. The van der Waals surface area contributed by atoms with Crippen molar-refractivity contribution in [3.05, 3.63) is 101 Å². The van der Waals surface area contributed by atoms with Gasteiger partial charge in [-0.25, -0.2) is 9.79 Å². The number of aliphatic imine (C=N–C) groups is 1. The molecule has 0 fully saturated rings. The fourth-order valence-electron chi connectivity index (χ4n) is 4.39. The van der Waals surface area contributed by atoms with Crippen LogP contribution in [0.15, 0.2) is 94.6 Å². The molecular formula is C36H47N3O3. The maximum atomic E-state index is 12.4. The summed E-state index contributed by atoms with van der Waals surface area (Å²) in [6.45, 7) is 18.1. The Morgan fingerprint density at radius 1 is 1.05 bits per heavy atom. The number of oxime groups is 1. The van der Waals surface area contributed by atoms with Gasteiger partial charge >= 0.3 is 5.97 Å². The molecular weight excluding hydrogens is 522 g/mol. The zero-order valence-electron chi connectivity index (χ0n) is 26.0. The second kappa shape index (κ2) is 19.2. The quantitative estimate of drug-likeness (QED) is 0.0655. The van der Waals surface area contributed by atoms with Gasteiger partial charge in [-0.3, -0.25) is 0 Å². The largest absolute Gasteiger partial charge is 0.465 e. The number of carbonyl (C=O) groups is 1. The number of nitrogens with one attached hydrogen (secondary N) is 1. The molecule has 0 aliphatic carbocycles. The number of hydrogen-bond donors (Lipinski definition) is 1. The lowest BCUT2D eigenvalue weighted by Gasteiger charge is -2.18. The minimum atomic E-state index is -0.327. The molecule has 2 aromatic rings. The first kappa shape index (κ1) is 34.2. The molecule has 0 unspecified atom stereocenters. The maximum Gasteiger partial charge on any atom is 0.338 e. The Bertz CT molecular complexity index is 1300. The van der Waals surface area contributed by atoms with Crippen molar-refractivity contribution in [3.63, 3.8) is 0 Å². The van der Waals surface area contributed by atoms with Crippen molar-refractivity contribution in [2.75, 3.05) is 26.8 Å². The number of carbonyl (C=O) groups excluding carboxylic acids is 1. The molecule has 0 atom stereocenters. The third kappa shape index (κ3) is 11.1. The number of unbranched alkanes of at least 4 members (excludes halogenated alkanes) is 2. The van der Waals surface area contributed by atoms with Gasteiger partial charge in [0.05, 0.1) is 12.7 Å². The number of nitrogens with zero attached hydrogens (tertiary/aromatic N) is 2. The van der Waals surface area contributed by atoms with Gasteiger partial charge in [-0.2, -0.15) is 0 Å². The first-order valence-corrected chi connectivity index (χ1v) is 14.8. The molecule has 0 saturated heterocycles. The van der Waals surface area contributed by atoms with Gasteiger partial charge in [0.2, 0.25) is 0 Å². The number of ether oxygens (including phenoxy) is 1. The normalized spacial score (nSPS) is 13.0. The van der Waals surface area contributed by atoms with Crippen molar-refractivity contribution < 1.29 is 14.4 Å². The Morgan fingerprint density at radius 2 is 1.79 bits per heavy atom. The third-order valence-corrected chi connectivity index (χ3v) is 6.61. The van der Waals surface area contributed by atoms with Gasteiger partial charge in [0.25, 0.3) is 0 Å². The minimum absolute atomic E-state index is 0.327. The van der Waals surface area contributed by atoms with Gasteiger partial charge in [0.1, 0.15) is 6.61 Å². The van der Waals surface area contributed by atoms with Gasteiger partial charge in [-0.1, -0.05) is 91.4 Å². The lowest BCUT2D eigenvalue weighted by molar-refractivity contribution is 0.0600. The molecule has 0 radical (unpaired) electrons. The van der Waals surface area contributed by atoms with Crippen LogP contribution in [0.2, 0.25) is 0 Å². The molecule has 2 aromatic carbocycles. The molecule has 0 aromatic heterocycles. The number of allylic oxidation sites excluding steroid dienone is 5.